The zero-order valence-electron chi connectivity index (χ0n) is 9.91. The van der Waals surface area contributed by atoms with Gasteiger partial charge in [-0.05, 0) is 19.9 Å². The summed E-state index contributed by atoms with van der Waals surface area (Å²) >= 11 is 0. The number of nitro groups is 2. The molecule has 0 amide bonds. The molecule has 8 nitrogen and oxygen atoms in total. The van der Waals surface area contributed by atoms with E-state index in [-0.39, 0.29) is 24.7 Å². The zero-order valence-corrected chi connectivity index (χ0v) is 9.91. The van der Waals surface area contributed by atoms with Crippen molar-refractivity contribution in [3.05, 3.63) is 32.4 Å². The van der Waals surface area contributed by atoms with Gasteiger partial charge in [0.2, 0.25) is 5.75 Å². The quantitative estimate of drug-likeness (QED) is 0.571. The van der Waals surface area contributed by atoms with Gasteiger partial charge in [-0.15, -0.1) is 0 Å². The van der Waals surface area contributed by atoms with Crippen LogP contribution in [-0.4, -0.2) is 23.1 Å². The summed E-state index contributed by atoms with van der Waals surface area (Å²) in [6, 6.07) is 2.32. The molecule has 0 saturated carbocycles. The van der Waals surface area contributed by atoms with Gasteiger partial charge in [-0.25, -0.2) is 0 Å². The predicted octanol–water partition coefficient (Wildman–Crippen LogP) is 2.30. The summed E-state index contributed by atoms with van der Waals surface area (Å²) in [7, 11) is 0. The minimum absolute atomic E-state index is 0.0449. The first kappa shape index (κ1) is 13.7. The van der Waals surface area contributed by atoms with Gasteiger partial charge in [0, 0.05) is 6.07 Å². The first-order valence-corrected chi connectivity index (χ1v) is 5.24. The van der Waals surface area contributed by atoms with E-state index in [0.717, 1.165) is 6.07 Å². The van der Waals surface area contributed by atoms with Crippen LogP contribution in [0.15, 0.2) is 12.1 Å². The Balaban J connectivity index is 3.48. The van der Waals surface area contributed by atoms with E-state index in [2.05, 4.69) is 0 Å². The summed E-state index contributed by atoms with van der Waals surface area (Å²) in [5, 5.41) is 21.8. The second-order valence-corrected chi connectivity index (χ2v) is 3.14. The summed E-state index contributed by atoms with van der Waals surface area (Å²) in [6.07, 6.45) is 0. The van der Waals surface area contributed by atoms with Crippen molar-refractivity contribution in [2.45, 2.75) is 13.8 Å². The average Bonchev–Trinajstić information content (AvgIpc) is 2.29. The van der Waals surface area contributed by atoms with Crippen LogP contribution in [0.2, 0.25) is 0 Å². The largest absolute Gasteiger partial charge is 0.487 e. The van der Waals surface area contributed by atoms with E-state index >= 15 is 0 Å². The molecule has 0 heterocycles. The Morgan fingerprint density at radius 1 is 1.06 bits per heavy atom. The number of rotatable bonds is 6. The third kappa shape index (κ3) is 2.65. The first-order chi connectivity index (χ1) is 8.52. The normalized spacial score (nSPS) is 9.89. The van der Waals surface area contributed by atoms with Gasteiger partial charge in [0.25, 0.3) is 5.75 Å². The lowest BCUT2D eigenvalue weighted by Crippen LogP contribution is -2.04. The smallest absolute Gasteiger partial charge is 0.359 e. The average molecular weight is 256 g/mol. The molecular formula is C10H12N2O6. The minimum atomic E-state index is -0.747. The van der Waals surface area contributed by atoms with Crippen LogP contribution in [0.5, 0.6) is 11.5 Å². The Hall–Kier alpha value is -2.38. The number of hydrogen-bond donors (Lipinski definition) is 0. The Morgan fingerprint density at radius 3 is 2.11 bits per heavy atom. The lowest BCUT2D eigenvalue weighted by atomic mass is 10.2. The van der Waals surface area contributed by atoms with Gasteiger partial charge in [0.1, 0.15) is 0 Å². The van der Waals surface area contributed by atoms with Crippen LogP contribution < -0.4 is 9.47 Å². The highest BCUT2D eigenvalue weighted by molar-refractivity contribution is 5.66. The van der Waals surface area contributed by atoms with Crippen LogP contribution in [0, 0.1) is 20.2 Å². The Kier molecular flexibility index (Phi) is 4.41. The first-order valence-electron chi connectivity index (χ1n) is 5.24. The van der Waals surface area contributed by atoms with Crippen molar-refractivity contribution < 1.29 is 19.3 Å². The molecule has 8 heteroatoms. The highest BCUT2D eigenvalue weighted by Gasteiger charge is 2.31. The summed E-state index contributed by atoms with van der Waals surface area (Å²) in [5.74, 6) is -0.421. The Bertz CT molecular complexity index is 474. The molecule has 0 bridgehead atoms. The number of hydrogen-bond acceptors (Lipinski definition) is 6. The molecule has 18 heavy (non-hydrogen) atoms. The molecule has 0 radical (unpaired) electrons. The van der Waals surface area contributed by atoms with Crippen molar-refractivity contribution in [1.29, 1.82) is 0 Å². The highest BCUT2D eigenvalue weighted by atomic mass is 16.6. The third-order valence-electron chi connectivity index (χ3n) is 2.04. The maximum atomic E-state index is 11.0. The van der Waals surface area contributed by atoms with E-state index < -0.39 is 21.2 Å². The van der Waals surface area contributed by atoms with Crippen LogP contribution in [0.3, 0.4) is 0 Å². The van der Waals surface area contributed by atoms with Crippen LogP contribution in [0.4, 0.5) is 11.4 Å². The number of nitrogens with zero attached hydrogens (tertiary/aromatic N) is 2. The van der Waals surface area contributed by atoms with E-state index in [1.54, 1.807) is 13.8 Å². The topological polar surface area (TPSA) is 105 Å². The second-order valence-electron chi connectivity index (χ2n) is 3.14. The van der Waals surface area contributed by atoms with Gasteiger partial charge in [-0.3, -0.25) is 20.2 Å². The van der Waals surface area contributed by atoms with E-state index in [1.165, 1.54) is 6.07 Å². The molecule has 0 saturated heterocycles. The fourth-order valence-electron chi connectivity index (χ4n) is 1.42. The zero-order chi connectivity index (χ0) is 13.7. The van der Waals surface area contributed by atoms with Gasteiger partial charge in [0.05, 0.1) is 23.1 Å². The molecular weight excluding hydrogens is 244 g/mol. The lowest BCUT2D eigenvalue weighted by molar-refractivity contribution is -0.396. The van der Waals surface area contributed by atoms with Crippen molar-refractivity contribution in [2.75, 3.05) is 13.2 Å². The minimum Gasteiger partial charge on any atom is -0.487 e. The Labute approximate surface area is 102 Å². The molecule has 0 spiro atoms. The van der Waals surface area contributed by atoms with E-state index in [4.69, 9.17) is 9.47 Å². The Morgan fingerprint density at radius 2 is 1.67 bits per heavy atom. The van der Waals surface area contributed by atoms with Crippen LogP contribution in [-0.2, 0) is 0 Å². The number of benzene rings is 1. The van der Waals surface area contributed by atoms with Crippen LogP contribution in [0.25, 0.3) is 0 Å². The van der Waals surface area contributed by atoms with Gasteiger partial charge in [0.15, 0.2) is 0 Å². The maximum absolute atomic E-state index is 11.0. The second kappa shape index (κ2) is 5.80. The number of ether oxygens (including phenoxy) is 2. The molecule has 1 rings (SSSR count). The molecule has 0 atom stereocenters. The highest BCUT2D eigenvalue weighted by Crippen LogP contribution is 2.43. The van der Waals surface area contributed by atoms with Crippen molar-refractivity contribution in [2.24, 2.45) is 0 Å². The van der Waals surface area contributed by atoms with Crippen molar-refractivity contribution in [3.63, 3.8) is 0 Å². The van der Waals surface area contributed by atoms with Crippen molar-refractivity contribution >= 4 is 11.4 Å². The third-order valence-corrected chi connectivity index (χ3v) is 2.04. The SMILES string of the molecule is CCOc1ccc([N+](=O)[O-])c(OCC)c1[N+](=O)[O-]. The fourth-order valence-corrected chi connectivity index (χ4v) is 1.42. The monoisotopic (exact) mass is 256 g/mol. The summed E-state index contributed by atoms with van der Waals surface area (Å²) in [4.78, 5) is 20.3. The fraction of sp³-hybridized carbons (Fsp3) is 0.400. The van der Waals surface area contributed by atoms with Crippen LogP contribution in [0.1, 0.15) is 13.8 Å². The van der Waals surface area contributed by atoms with Gasteiger partial charge in [-0.2, -0.15) is 0 Å². The van der Waals surface area contributed by atoms with E-state index in [0.29, 0.717) is 0 Å². The molecule has 1 aromatic carbocycles. The molecule has 0 N–H and O–H groups in total. The molecule has 0 fully saturated rings. The molecule has 0 aromatic heterocycles. The molecule has 98 valence electrons. The predicted molar refractivity (Wildman–Crippen MR) is 62.1 cm³/mol. The van der Waals surface area contributed by atoms with Crippen molar-refractivity contribution in [1.82, 2.24) is 0 Å². The standard InChI is InChI=1S/C10H12N2O6/c1-3-17-8-6-5-7(11(13)14)10(18-4-2)9(8)12(15)16/h5-6H,3-4H2,1-2H3. The molecule has 0 aliphatic heterocycles. The van der Waals surface area contributed by atoms with E-state index in [1.807, 2.05) is 0 Å². The molecule has 0 aliphatic rings. The molecule has 0 unspecified atom stereocenters. The maximum Gasteiger partial charge on any atom is 0.359 e. The summed E-state index contributed by atoms with van der Waals surface area (Å²) < 4.78 is 10.1. The van der Waals surface area contributed by atoms with Gasteiger partial charge >= 0.3 is 11.4 Å². The summed E-state index contributed by atoms with van der Waals surface area (Å²) in [6.45, 7) is 3.54. The van der Waals surface area contributed by atoms with E-state index in [9.17, 15) is 20.2 Å². The summed E-state index contributed by atoms with van der Waals surface area (Å²) in [5.41, 5.74) is -0.972. The molecule has 0 aliphatic carbocycles. The number of nitro benzene ring substituents is 2. The van der Waals surface area contributed by atoms with Crippen LogP contribution >= 0.6 is 0 Å². The lowest BCUT2D eigenvalue weighted by Gasteiger charge is -2.09. The van der Waals surface area contributed by atoms with Gasteiger partial charge < -0.3 is 9.47 Å². The van der Waals surface area contributed by atoms with Crippen molar-refractivity contribution in [3.8, 4) is 11.5 Å². The van der Waals surface area contributed by atoms with Gasteiger partial charge in [-0.1, -0.05) is 0 Å². The molecule has 1 aromatic rings.